The molecule has 1 aliphatic rings. The molecule has 1 aromatic carbocycles. The Bertz CT molecular complexity index is 508. The number of carbonyl (C=O) groups excluding carboxylic acids is 1. The lowest BCUT2D eigenvalue weighted by Crippen LogP contribution is -2.52. The summed E-state index contributed by atoms with van der Waals surface area (Å²) in [7, 11) is 0. The van der Waals surface area contributed by atoms with E-state index < -0.39 is 12.1 Å². The van der Waals surface area contributed by atoms with Crippen LogP contribution in [0.25, 0.3) is 0 Å². The van der Waals surface area contributed by atoms with Gasteiger partial charge in [0.05, 0.1) is 0 Å². The van der Waals surface area contributed by atoms with Crippen molar-refractivity contribution in [3.05, 3.63) is 35.9 Å². The number of nitrogens with zero attached hydrogens (tertiary/aromatic N) is 1. The molecule has 26 heavy (non-hydrogen) atoms. The van der Waals surface area contributed by atoms with E-state index in [1.807, 2.05) is 62.9 Å². The topological polar surface area (TPSA) is 69.6 Å². The highest BCUT2D eigenvalue weighted by Crippen LogP contribution is 2.13. The van der Waals surface area contributed by atoms with Crippen LogP contribution in [-0.2, 0) is 4.79 Å². The SMILES string of the molecule is CC.CC.C[C@@H]1CNCCN1C(=O)c1ccccc1.O=C(O)C(F)(F)F. The number of hydrogen-bond acceptors (Lipinski definition) is 3. The van der Waals surface area contributed by atoms with E-state index in [9.17, 15) is 18.0 Å². The van der Waals surface area contributed by atoms with Gasteiger partial charge >= 0.3 is 12.1 Å². The molecule has 0 spiro atoms. The zero-order valence-corrected chi connectivity index (χ0v) is 15.9. The quantitative estimate of drug-likeness (QED) is 0.780. The fourth-order valence-electron chi connectivity index (χ4n) is 1.89. The van der Waals surface area contributed by atoms with Gasteiger partial charge in [-0.2, -0.15) is 13.2 Å². The van der Waals surface area contributed by atoms with Gasteiger partial charge in [0, 0.05) is 31.2 Å². The van der Waals surface area contributed by atoms with Crippen LogP contribution in [0.1, 0.15) is 45.0 Å². The number of aliphatic carboxylic acids is 1. The summed E-state index contributed by atoms with van der Waals surface area (Å²) in [5.74, 6) is -2.61. The molecule has 1 atom stereocenters. The first-order valence-electron chi connectivity index (χ1n) is 8.60. The van der Waals surface area contributed by atoms with Crippen molar-refractivity contribution in [2.75, 3.05) is 19.6 Å². The largest absolute Gasteiger partial charge is 0.490 e. The lowest BCUT2D eigenvalue weighted by Gasteiger charge is -2.34. The third kappa shape index (κ3) is 10.0. The summed E-state index contributed by atoms with van der Waals surface area (Å²) in [5.41, 5.74) is 0.784. The van der Waals surface area contributed by atoms with E-state index in [1.165, 1.54) is 0 Å². The number of amides is 1. The summed E-state index contributed by atoms with van der Waals surface area (Å²) >= 11 is 0. The Balaban J connectivity index is 0. The number of benzene rings is 1. The van der Waals surface area contributed by atoms with Gasteiger partial charge < -0.3 is 15.3 Å². The molecule has 0 radical (unpaired) electrons. The van der Waals surface area contributed by atoms with Crippen molar-refractivity contribution in [1.29, 1.82) is 0 Å². The number of halogens is 3. The fraction of sp³-hybridized carbons (Fsp3) is 0.556. The van der Waals surface area contributed by atoms with Gasteiger partial charge in [0.1, 0.15) is 0 Å². The molecule has 1 aromatic rings. The van der Waals surface area contributed by atoms with Crippen LogP contribution in [0, 0.1) is 0 Å². The third-order valence-corrected chi connectivity index (χ3v) is 3.03. The lowest BCUT2D eigenvalue weighted by molar-refractivity contribution is -0.192. The van der Waals surface area contributed by atoms with Gasteiger partial charge in [0.25, 0.3) is 5.91 Å². The third-order valence-electron chi connectivity index (χ3n) is 3.03. The molecule has 0 aromatic heterocycles. The zero-order chi connectivity index (χ0) is 20.8. The van der Waals surface area contributed by atoms with Crippen molar-refractivity contribution < 1.29 is 27.9 Å². The molecule has 150 valence electrons. The van der Waals surface area contributed by atoms with E-state index in [0.29, 0.717) is 0 Å². The average molecular weight is 378 g/mol. The minimum atomic E-state index is -5.08. The molecular formula is C18H29F3N2O3. The number of nitrogens with one attached hydrogen (secondary N) is 1. The number of carbonyl (C=O) groups is 2. The van der Waals surface area contributed by atoms with Crippen LogP contribution in [0.3, 0.4) is 0 Å². The maximum atomic E-state index is 12.1. The van der Waals surface area contributed by atoms with Crippen LogP contribution < -0.4 is 5.32 Å². The zero-order valence-electron chi connectivity index (χ0n) is 15.9. The molecular weight excluding hydrogens is 349 g/mol. The van der Waals surface area contributed by atoms with Crippen LogP contribution in [0.2, 0.25) is 0 Å². The Morgan fingerprint density at radius 3 is 1.96 bits per heavy atom. The molecule has 0 unspecified atom stereocenters. The van der Waals surface area contributed by atoms with E-state index in [1.54, 1.807) is 0 Å². The molecule has 2 N–H and O–H groups in total. The van der Waals surface area contributed by atoms with Gasteiger partial charge in [0.15, 0.2) is 0 Å². The normalized spacial score (nSPS) is 15.8. The smallest absolute Gasteiger partial charge is 0.475 e. The van der Waals surface area contributed by atoms with E-state index in [0.717, 1.165) is 25.2 Å². The minimum Gasteiger partial charge on any atom is -0.475 e. The second-order valence-electron chi connectivity index (χ2n) is 4.72. The second kappa shape index (κ2) is 14.1. The van der Waals surface area contributed by atoms with Crippen molar-refractivity contribution in [2.45, 2.75) is 46.8 Å². The Morgan fingerprint density at radius 2 is 1.58 bits per heavy atom. The molecule has 5 nitrogen and oxygen atoms in total. The molecule has 1 amide bonds. The van der Waals surface area contributed by atoms with Gasteiger partial charge in [-0.1, -0.05) is 45.9 Å². The van der Waals surface area contributed by atoms with Gasteiger partial charge in [-0.05, 0) is 19.1 Å². The highest BCUT2D eigenvalue weighted by molar-refractivity contribution is 5.94. The summed E-state index contributed by atoms with van der Waals surface area (Å²) in [5, 5.41) is 10.4. The molecule has 1 saturated heterocycles. The van der Waals surface area contributed by atoms with Gasteiger partial charge in [-0.3, -0.25) is 4.79 Å². The molecule has 1 fully saturated rings. The number of carboxylic acid groups (broad SMARTS) is 1. The maximum absolute atomic E-state index is 12.1. The number of carboxylic acids is 1. The molecule has 0 saturated carbocycles. The first kappa shape index (κ1) is 26.1. The molecule has 1 aliphatic heterocycles. The highest BCUT2D eigenvalue weighted by atomic mass is 19.4. The first-order chi connectivity index (χ1) is 12.2. The Hall–Kier alpha value is -2.09. The standard InChI is InChI=1S/C12H16N2O.C2HF3O2.2C2H6/c1-10-9-13-7-8-14(10)12(15)11-5-3-2-4-6-11;3-2(4,5)1(6)7;2*1-2/h2-6,10,13H,7-9H2,1H3;(H,6,7);2*1-2H3/t10-;;;/m1.../s1. The highest BCUT2D eigenvalue weighted by Gasteiger charge is 2.38. The molecule has 0 aliphatic carbocycles. The van der Waals surface area contributed by atoms with Crippen molar-refractivity contribution in [3.8, 4) is 0 Å². The predicted molar refractivity (Wildman–Crippen MR) is 96.2 cm³/mol. The summed E-state index contributed by atoms with van der Waals surface area (Å²) in [6.45, 7) is 12.7. The van der Waals surface area contributed by atoms with Gasteiger partial charge in [-0.25, -0.2) is 4.79 Å². The van der Waals surface area contributed by atoms with Crippen molar-refractivity contribution in [1.82, 2.24) is 10.2 Å². The Kier molecular flexibility index (Phi) is 14.2. The monoisotopic (exact) mass is 378 g/mol. The van der Waals surface area contributed by atoms with Crippen LogP contribution in [0.4, 0.5) is 13.2 Å². The summed E-state index contributed by atoms with van der Waals surface area (Å²) in [6.07, 6.45) is -5.08. The summed E-state index contributed by atoms with van der Waals surface area (Å²) in [6, 6.07) is 9.76. The van der Waals surface area contributed by atoms with E-state index in [2.05, 4.69) is 12.2 Å². The van der Waals surface area contributed by atoms with Gasteiger partial charge in [-0.15, -0.1) is 0 Å². The Labute approximate surface area is 153 Å². The minimum absolute atomic E-state index is 0.143. The van der Waals surface area contributed by atoms with E-state index in [4.69, 9.17) is 9.90 Å². The van der Waals surface area contributed by atoms with Gasteiger partial charge in [0.2, 0.25) is 0 Å². The van der Waals surface area contributed by atoms with Crippen molar-refractivity contribution in [3.63, 3.8) is 0 Å². The summed E-state index contributed by atoms with van der Waals surface area (Å²) < 4.78 is 31.7. The van der Waals surface area contributed by atoms with Crippen LogP contribution in [0.5, 0.6) is 0 Å². The van der Waals surface area contributed by atoms with Crippen molar-refractivity contribution in [2.24, 2.45) is 0 Å². The summed E-state index contributed by atoms with van der Waals surface area (Å²) in [4.78, 5) is 22.9. The number of hydrogen-bond donors (Lipinski definition) is 2. The van der Waals surface area contributed by atoms with Crippen LogP contribution in [0.15, 0.2) is 30.3 Å². The Morgan fingerprint density at radius 1 is 1.12 bits per heavy atom. The second-order valence-corrected chi connectivity index (χ2v) is 4.72. The molecule has 0 bridgehead atoms. The van der Waals surface area contributed by atoms with E-state index >= 15 is 0 Å². The number of rotatable bonds is 1. The average Bonchev–Trinajstić information content (AvgIpc) is 2.65. The van der Waals surface area contributed by atoms with E-state index in [-0.39, 0.29) is 11.9 Å². The molecule has 1 heterocycles. The maximum Gasteiger partial charge on any atom is 0.490 e. The fourth-order valence-corrected chi connectivity index (χ4v) is 1.89. The van der Waals surface area contributed by atoms with Crippen LogP contribution >= 0.6 is 0 Å². The molecule has 2 rings (SSSR count). The molecule has 8 heteroatoms. The van der Waals surface area contributed by atoms with Crippen LogP contribution in [-0.4, -0.2) is 53.7 Å². The number of alkyl halides is 3. The lowest BCUT2D eigenvalue weighted by atomic mass is 10.1. The van der Waals surface area contributed by atoms with Crippen molar-refractivity contribution >= 4 is 11.9 Å². The predicted octanol–water partition coefficient (Wildman–Crippen LogP) is 3.81. The first-order valence-corrected chi connectivity index (χ1v) is 8.60. The number of piperazine rings is 1.